The average Bonchev–Trinajstić information content (AvgIpc) is 3.07. The van der Waals surface area contributed by atoms with Gasteiger partial charge >= 0.3 is 5.97 Å². The number of nitro benzene ring substituents is 1. The second kappa shape index (κ2) is 7.00. The van der Waals surface area contributed by atoms with Crippen LogP contribution in [0.1, 0.15) is 16.1 Å². The van der Waals surface area contributed by atoms with Gasteiger partial charge in [-0.25, -0.2) is 9.78 Å². The zero-order valence-electron chi connectivity index (χ0n) is 12.9. The molecule has 6 nitrogen and oxygen atoms in total. The second-order valence-corrected chi connectivity index (χ2v) is 6.43. The first-order valence-corrected chi connectivity index (χ1v) is 8.38. The van der Waals surface area contributed by atoms with Crippen LogP contribution < -0.4 is 4.74 Å². The van der Waals surface area contributed by atoms with E-state index in [1.54, 1.807) is 5.38 Å². The zero-order valence-corrected chi connectivity index (χ0v) is 14.5. The van der Waals surface area contributed by atoms with Crippen LogP contribution in [0.2, 0.25) is 5.02 Å². The summed E-state index contributed by atoms with van der Waals surface area (Å²) in [4.78, 5) is 26.6. The molecular weight excluding hydrogens is 364 g/mol. The van der Waals surface area contributed by atoms with Gasteiger partial charge < -0.3 is 4.74 Å². The Balaban J connectivity index is 1.78. The van der Waals surface area contributed by atoms with E-state index in [9.17, 15) is 14.9 Å². The number of esters is 1. The maximum Gasteiger partial charge on any atom is 0.363 e. The standard InChI is InChI=1S/C17H11ClN2O4S/c1-10-2-4-11(5-3-10)16-19-14(9-25-16)17(21)24-15-7-6-12(20(22)23)8-13(15)18/h2-9H,1H3. The number of ether oxygens (including phenoxy) is 1. The number of benzene rings is 2. The molecule has 0 spiro atoms. The molecule has 1 aromatic heterocycles. The first-order chi connectivity index (χ1) is 11.9. The van der Waals surface area contributed by atoms with Crippen molar-refractivity contribution in [2.24, 2.45) is 0 Å². The molecule has 0 saturated heterocycles. The number of non-ortho nitro benzene ring substituents is 1. The molecule has 2 aromatic carbocycles. The lowest BCUT2D eigenvalue weighted by atomic mass is 10.2. The van der Waals surface area contributed by atoms with Crippen LogP contribution in [0.15, 0.2) is 47.8 Å². The highest BCUT2D eigenvalue weighted by atomic mass is 35.5. The number of hydrogen-bond acceptors (Lipinski definition) is 6. The summed E-state index contributed by atoms with van der Waals surface area (Å²) in [6.45, 7) is 1.99. The van der Waals surface area contributed by atoms with Crippen LogP contribution in [0.25, 0.3) is 10.6 Å². The fourth-order valence-corrected chi connectivity index (χ4v) is 3.04. The fraction of sp³-hybridized carbons (Fsp3) is 0.0588. The van der Waals surface area contributed by atoms with Crippen molar-refractivity contribution in [2.75, 3.05) is 0 Å². The van der Waals surface area contributed by atoms with E-state index in [1.165, 1.54) is 23.5 Å². The molecule has 0 radical (unpaired) electrons. The van der Waals surface area contributed by atoms with Crippen molar-refractivity contribution in [3.05, 3.63) is 74.2 Å². The largest absolute Gasteiger partial charge is 0.420 e. The fourth-order valence-electron chi connectivity index (χ4n) is 2.03. The predicted octanol–water partition coefficient (Wildman–Crippen LogP) is 4.90. The Kier molecular flexibility index (Phi) is 4.78. The summed E-state index contributed by atoms with van der Waals surface area (Å²) in [6.07, 6.45) is 0. The van der Waals surface area contributed by atoms with Gasteiger partial charge in [-0.1, -0.05) is 41.4 Å². The normalized spacial score (nSPS) is 10.5. The highest BCUT2D eigenvalue weighted by Crippen LogP contribution is 2.30. The van der Waals surface area contributed by atoms with E-state index in [0.717, 1.165) is 17.2 Å². The summed E-state index contributed by atoms with van der Waals surface area (Å²) in [5.41, 5.74) is 2.01. The molecule has 0 saturated carbocycles. The molecule has 0 unspecified atom stereocenters. The second-order valence-electron chi connectivity index (χ2n) is 5.17. The topological polar surface area (TPSA) is 82.3 Å². The third-order valence-corrected chi connectivity index (χ3v) is 4.53. The van der Waals surface area contributed by atoms with E-state index in [-0.39, 0.29) is 22.2 Å². The highest BCUT2D eigenvalue weighted by molar-refractivity contribution is 7.13. The Morgan fingerprint density at radius 2 is 1.96 bits per heavy atom. The maximum atomic E-state index is 12.2. The van der Waals surface area contributed by atoms with Gasteiger partial charge in [0, 0.05) is 23.1 Å². The van der Waals surface area contributed by atoms with Crippen LogP contribution in [-0.2, 0) is 0 Å². The van der Waals surface area contributed by atoms with Crippen LogP contribution in [0, 0.1) is 17.0 Å². The molecule has 3 rings (SSSR count). The van der Waals surface area contributed by atoms with Gasteiger partial charge in [-0.15, -0.1) is 11.3 Å². The van der Waals surface area contributed by atoms with Crippen molar-refractivity contribution in [2.45, 2.75) is 6.92 Å². The Labute approximate surface area is 151 Å². The first-order valence-electron chi connectivity index (χ1n) is 7.13. The van der Waals surface area contributed by atoms with Gasteiger partial charge in [0.1, 0.15) is 10.8 Å². The van der Waals surface area contributed by atoms with Gasteiger partial charge in [0.15, 0.2) is 5.69 Å². The van der Waals surface area contributed by atoms with Crippen LogP contribution in [-0.4, -0.2) is 15.9 Å². The zero-order chi connectivity index (χ0) is 18.0. The number of nitrogens with zero attached hydrogens (tertiary/aromatic N) is 2. The van der Waals surface area contributed by atoms with Crippen molar-refractivity contribution >= 4 is 34.6 Å². The van der Waals surface area contributed by atoms with E-state index in [2.05, 4.69) is 4.98 Å². The third-order valence-electron chi connectivity index (χ3n) is 3.34. The molecule has 8 heteroatoms. The molecule has 0 aliphatic rings. The van der Waals surface area contributed by atoms with Crippen molar-refractivity contribution in [1.82, 2.24) is 4.98 Å². The minimum atomic E-state index is -0.676. The summed E-state index contributed by atoms with van der Waals surface area (Å²) in [5, 5.41) is 13.0. The molecule has 0 aliphatic carbocycles. The lowest BCUT2D eigenvalue weighted by Gasteiger charge is -2.04. The highest BCUT2D eigenvalue weighted by Gasteiger charge is 2.17. The molecule has 0 bridgehead atoms. The smallest absolute Gasteiger partial charge is 0.363 e. The molecular formula is C17H11ClN2O4S. The van der Waals surface area contributed by atoms with Gasteiger partial charge in [0.2, 0.25) is 0 Å². The van der Waals surface area contributed by atoms with Crippen LogP contribution >= 0.6 is 22.9 Å². The van der Waals surface area contributed by atoms with Crippen molar-refractivity contribution < 1.29 is 14.5 Å². The number of hydrogen-bond donors (Lipinski definition) is 0. The number of carbonyl (C=O) groups is 1. The third kappa shape index (κ3) is 3.84. The Morgan fingerprint density at radius 1 is 1.24 bits per heavy atom. The van der Waals surface area contributed by atoms with Crippen molar-refractivity contribution in [1.29, 1.82) is 0 Å². The molecule has 0 fully saturated rings. The van der Waals surface area contributed by atoms with Gasteiger partial charge in [0.05, 0.1) is 9.95 Å². The minimum absolute atomic E-state index is 0.0171. The van der Waals surface area contributed by atoms with E-state index in [1.807, 2.05) is 31.2 Å². The average molecular weight is 375 g/mol. The van der Waals surface area contributed by atoms with Crippen molar-refractivity contribution in [3.63, 3.8) is 0 Å². The Hall–Kier alpha value is -2.77. The summed E-state index contributed by atoms with van der Waals surface area (Å²) in [7, 11) is 0. The lowest BCUT2D eigenvalue weighted by Crippen LogP contribution is -2.09. The van der Waals surface area contributed by atoms with E-state index in [4.69, 9.17) is 16.3 Å². The van der Waals surface area contributed by atoms with E-state index >= 15 is 0 Å². The van der Waals surface area contributed by atoms with Crippen LogP contribution in [0.4, 0.5) is 5.69 Å². The molecule has 0 amide bonds. The summed E-state index contributed by atoms with van der Waals surface area (Å²) in [5.74, 6) is -0.632. The maximum absolute atomic E-state index is 12.2. The molecule has 126 valence electrons. The predicted molar refractivity (Wildman–Crippen MR) is 95.4 cm³/mol. The molecule has 25 heavy (non-hydrogen) atoms. The Bertz CT molecular complexity index is 954. The number of aromatic nitrogens is 1. The van der Waals surface area contributed by atoms with Crippen LogP contribution in [0.5, 0.6) is 5.75 Å². The summed E-state index contributed by atoms with van der Waals surface area (Å²) >= 11 is 7.25. The molecule has 3 aromatic rings. The number of thiazole rings is 1. The lowest BCUT2D eigenvalue weighted by molar-refractivity contribution is -0.384. The molecule has 0 N–H and O–H groups in total. The van der Waals surface area contributed by atoms with Gasteiger partial charge in [0.25, 0.3) is 5.69 Å². The van der Waals surface area contributed by atoms with Gasteiger partial charge in [-0.05, 0) is 13.0 Å². The number of nitro groups is 1. The van der Waals surface area contributed by atoms with Gasteiger partial charge in [-0.3, -0.25) is 10.1 Å². The SMILES string of the molecule is Cc1ccc(-c2nc(C(=O)Oc3ccc([N+](=O)[O-])cc3Cl)cs2)cc1. The number of rotatable bonds is 4. The molecule has 1 heterocycles. The number of halogens is 1. The van der Waals surface area contributed by atoms with E-state index < -0.39 is 10.9 Å². The Morgan fingerprint density at radius 3 is 2.60 bits per heavy atom. The number of carbonyl (C=O) groups excluding carboxylic acids is 1. The number of aryl methyl sites for hydroxylation is 1. The monoisotopic (exact) mass is 374 g/mol. The molecule has 0 atom stereocenters. The molecule has 0 aliphatic heterocycles. The summed E-state index contributed by atoms with van der Waals surface area (Å²) in [6, 6.07) is 11.4. The minimum Gasteiger partial charge on any atom is -0.420 e. The first kappa shape index (κ1) is 17.1. The van der Waals surface area contributed by atoms with Crippen LogP contribution in [0.3, 0.4) is 0 Å². The quantitative estimate of drug-likeness (QED) is 0.281. The van der Waals surface area contributed by atoms with E-state index in [0.29, 0.717) is 5.01 Å². The van der Waals surface area contributed by atoms with Gasteiger partial charge in [-0.2, -0.15) is 0 Å². The summed E-state index contributed by atoms with van der Waals surface area (Å²) < 4.78 is 5.18. The van der Waals surface area contributed by atoms with Crippen molar-refractivity contribution in [3.8, 4) is 16.3 Å².